The molecule has 0 fully saturated rings. The monoisotopic (exact) mass is 380 g/mol. The summed E-state index contributed by atoms with van der Waals surface area (Å²) in [7, 11) is -2.45. The van der Waals surface area contributed by atoms with Crippen LogP contribution in [0.4, 0.5) is 14.5 Å². The Morgan fingerprint density at radius 1 is 1.19 bits per heavy atom. The number of hydrogen-bond acceptors (Lipinski definition) is 4. The molecular formula is C18H18F2N2O3S. The van der Waals surface area contributed by atoms with Gasteiger partial charge < -0.3 is 4.74 Å². The third kappa shape index (κ3) is 4.70. The van der Waals surface area contributed by atoms with Crippen LogP contribution in [-0.4, -0.2) is 28.0 Å². The smallest absolute Gasteiger partial charge is 0.235 e. The fourth-order valence-corrected chi connectivity index (χ4v) is 3.84. The summed E-state index contributed by atoms with van der Waals surface area (Å²) >= 11 is 0. The Balaban J connectivity index is 2.43. The van der Waals surface area contributed by atoms with Crippen LogP contribution >= 0.6 is 0 Å². The van der Waals surface area contributed by atoms with Gasteiger partial charge in [-0.3, -0.25) is 8.70 Å². The predicted molar refractivity (Wildman–Crippen MR) is 94.7 cm³/mol. The molecule has 0 amide bonds. The van der Waals surface area contributed by atoms with Crippen molar-refractivity contribution in [3.05, 3.63) is 59.4 Å². The SMILES string of the molecule is COc1ccc(CN(c2ccc(C#N)cc2F)S(=O)(=O)CCCF)cc1. The van der Waals surface area contributed by atoms with E-state index in [1.54, 1.807) is 30.3 Å². The van der Waals surface area contributed by atoms with Crippen LogP contribution in [0.25, 0.3) is 0 Å². The molecule has 0 unspecified atom stereocenters. The quantitative estimate of drug-likeness (QED) is 0.704. The number of nitriles is 1. The van der Waals surface area contributed by atoms with Crippen LogP contribution in [-0.2, 0) is 16.6 Å². The van der Waals surface area contributed by atoms with Gasteiger partial charge in [-0.15, -0.1) is 0 Å². The highest BCUT2D eigenvalue weighted by Crippen LogP contribution is 2.26. The van der Waals surface area contributed by atoms with Crippen LogP contribution < -0.4 is 9.04 Å². The Labute approximate surface area is 151 Å². The molecule has 0 aliphatic heterocycles. The maximum Gasteiger partial charge on any atom is 0.235 e. The summed E-state index contributed by atoms with van der Waals surface area (Å²) in [5, 5.41) is 8.85. The Morgan fingerprint density at radius 3 is 2.42 bits per heavy atom. The lowest BCUT2D eigenvalue weighted by Gasteiger charge is -2.25. The van der Waals surface area contributed by atoms with E-state index in [2.05, 4.69) is 0 Å². The Morgan fingerprint density at radius 2 is 1.88 bits per heavy atom. The summed E-state index contributed by atoms with van der Waals surface area (Å²) in [4.78, 5) is 0. The van der Waals surface area contributed by atoms with Crippen LogP contribution in [0.15, 0.2) is 42.5 Å². The predicted octanol–water partition coefficient (Wildman–Crippen LogP) is 3.40. The van der Waals surface area contributed by atoms with Gasteiger partial charge in [0.2, 0.25) is 10.0 Å². The molecule has 0 radical (unpaired) electrons. The lowest BCUT2D eigenvalue weighted by Crippen LogP contribution is -2.33. The number of methoxy groups -OCH3 is 1. The summed E-state index contributed by atoms with van der Waals surface area (Å²) in [5.41, 5.74) is 0.508. The van der Waals surface area contributed by atoms with Gasteiger partial charge in [-0.25, -0.2) is 12.8 Å². The van der Waals surface area contributed by atoms with Crippen LogP contribution in [0.1, 0.15) is 17.5 Å². The normalized spacial score (nSPS) is 11.0. The molecule has 0 aromatic heterocycles. The van der Waals surface area contributed by atoms with Gasteiger partial charge in [0.25, 0.3) is 0 Å². The molecule has 0 saturated heterocycles. The van der Waals surface area contributed by atoms with E-state index in [4.69, 9.17) is 10.00 Å². The number of rotatable bonds is 8. The number of halogens is 2. The molecule has 0 heterocycles. The minimum absolute atomic E-state index is 0.0804. The third-order valence-corrected chi connectivity index (χ3v) is 5.50. The van der Waals surface area contributed by atoms with Crippen LogP contribution in [0.5, 0.6) is 5.75 Å². The molecule has 2 aromatic rings. The summed E-state index contributed by atoms with van der Waals surface area (Å²) < 4.78 is 58.1. The molecule has 26 heavy (non-hydrogen) atoms. The first-order valence-electron chi connectivity index (χ1n) is 7.80. The molecule has 0 N–H and O–H groups in total. The second-order valence-corrected chi connectivity index (χ2v) is 7.50. The number of anilines is 1. The Kier molecular flexibility index (Phi) is 6.52. The molecule has 2 aromatic carbocycles. The Bertz CT molecular complexity index is 894. The highest BCUT2D eigenvalue weighted by molar-refractivity contribution is 7.92. The summed E-state index contributed by atoms with van der Waals surface area (Å²) in [5.74, 6) is -0.675. The first-order valence-corrected chi connectivity index (χ1v) is 9.41. The average molecular weight is 380 g/mol. The first kappa shape index (κ1) is 19.7. The number of alkyl halides is 1. The topological polar surface area (TPSA) is 70.4 Å². The standard InChI is InChI=1S/C18H18F2N2O3S/c1-25-16-6-3-14(4-7-16)13-22(26(23,24)10-2-9-19)18-8-5-15(12-21)11-17(18)20/h3-8,11H,2,9-10,13H2,1H3. The minimum Gasteiger partial charge on any atom is -0.497 e. The summed E-state index contributed by atoms with van der Waals surface area (Å²) in [6.45, 7) is -0.910. The number of benzene rings is 2. The van der Waals surface area contributed by atoms with Crippen LogP contribution in [0, 0.1) is 17.1 Å². The van der Waals surface area contributed by atoms with Crippen molar-refractivity contribution < 1.29 is 21.9 Å². The van der Waals surface area contributed by atoms with E-state index in [-0.39, 0.29) is 24.2 Å². The highest BCUT2D eigenvalue weighted by Gasteiger charge is 2.25. The molecule has 2 rings (SSSR count). The zero-order valence-electron chi connectivity index (χ0n) is 14.2. The molecule has 0 bridgehead atoms. The van der Waals surface area contributed by atoms with Crippen molar-refractivity contribution in [2.45, 2.75) is 13.0 Å². The molecule has 0 saturated carbocycles. The van der Waals surface area contributed by atoms with Gasteiger partial charge in [0.05, 0.1) is 43.4 Å². The average Bonchev–Trinajstić information content (AvgIpc) is 2.65. The lowest BCUT2D eigenvalue weighted by molar-refractivity contribution is 0.414. The molecule has 0 aliphatic carbocycles. The number of sulfonamides is 1. The molecule has 5 nitrogen and oxygen atoms in total. The van der Waals surface area contributed by atoms with Crippen molar-refractivity contribution in [2.24, 2.45) is 0 Å². The van der Waals surface area contributed by atoms with Crippen molar-refractivity contribution in [2.75, 3.05) is 23.8 Å². The van der Waals surface area contributed by atoms with E-state index >= 15 is 0 Å². The maximum absolute atomic E-state index is 14.4. The molecule has 0 atom stereocenters. The molecular weight excluding hydrogens is 362 g/mol. The van der Waals surface area contributed by atoms with E-state index in [0.29, 0.717) is 11.3 Å². The molecule has 138 valence electrons. The van der Waals surface area contributed by atoms with Gasteiger partial charge in [-0.1, -0.05) is 12.1 Å². The first-order chi connectivity index (χ1) is 12.4. The van der Waals surface area contributed by atoms with Gasteiger partial charge in [-0.05, 0) is 42.3 Å². The van der Waals surface area contributed by atoms with Gasteiger partial charge >= 0.3 is 0 Å². The van der Waals surface area contributed by atoms with Crippen molar-refractivity contribution in [3.63, 3.8) is 0 Å². The Hall–Kier alpha value is -2.66. The van der Waals surface area contributed by atoms with Gasteiger partial charge in [0.15, 0.2) is 0 Å². The molecule has 0 spiro atoms. The van der Waals surface area contributed by atoms with E-state index in [1.807, 2.05) is 0 Å². The lowest BCUT2D eigenvalue weighted by atomic mass is 10.2. The molecule has 8 heteroatoms. The van der Waals surface area contributed by atoms with Gasteiger partial charge in [0.1, 0.15) is 11.6 Å². The third-order valence-electron chi connectivity index (χ3n) is 3.70. The highest BCUT2D eigenvalue weighted by atomic mass is 32.2. The number of nitrogens with zero attached hydrogens (tertiary/aromatic N) is 2. The second-order valence-electron chi connectivity index (χ2n) is 5.49. The van der Waals surface area contributed by atoms with Crippen LogP contribution in [0.3, 0.4) is 0 Å². The zero-order valence-corrected chi connectivity index (χ0v) is 15.0. The van der Waals surface area contributed by atoms with Gasteiger partial charge in [-0.2, -0.15) is 5.26 Å². The van der Waals surface area contributed by atoms with E-state index in [0.717, 1.165) is 10.4 Å². The van der Waals surface area contributed by atoms with E-state index < -0.39 is 28.3 Å². The van der Waals surface area contributed by atoms with Crippen molar-refractivity contribution >= 4 is 15.7 Å². The fourth-order valence-electron chi connectivity index (χ4n) is 2.36. The fraction of sp³-hybridized carbons (Fsp3) is 0.278. The zero-order chi connectivity index (χ0) is 19.2. The molecule has 0 aliphatic rings. The number of ether oxygens (including phenoxy) is 1. The maximum atomic E-state index is 14.4. The second kappa shape index (κ2) is 8.63. The van der Waals surface area contributed by atoms with Crippen molar-refractivity contribution in [3.8, 4) is 11.8 Å². The van der Waals surface area contributed by atoms with E-state index in [9.17, 15) is 17.2 Å². The number of hydrogen-bond donors (Lipinski definition) is 0. The van der Waals surface area contributed by atoms with Gasteiger partial charge in [0, 0.05) is 0 Å². The summed E-state index contributed by atoms with van der Waals surface area (Å²) in [6, 6.07) is 12.0. The van der Waals surface area contributed by atoms with E-state index in [1.165, 1.54) is 19.2 Å². The minimum atomic E-state index is -3.95. The largest absolute Gasteiger partial charge is 0.497 e. The van der Waals surface area contributed by atoms with Crippen LogP contribution in [0.2, 0.25) is 0 Å². The summed E-state index contributed by atoms with van der Waals surface area (Å²) in [6.07, 6.45) is -0.181. The van der Waals surface area contributed by atoms with Crippen molar-refractivity contribution in [1.29, 1.82) is 5.26 Å². The van der Waals surface area contributed by atoms with Crippen molar-refractivity contribution in [1.82, 2.24) is 0 Å².